The molecule has 4 aromatic rings. The molecule has 2 aromatic carbocycles. The lowest BCUT2D eigenvalue weighted by molar-refractivity contribution is 0.312. The minimum atomic E-state index is 0.476. The van der Waals surface area contributed by atoms with Crippen LogP contribution in [0.25, 0.3) is 0 Å². The van der Waals surface area contributed by atoms with Gasteiger partial charge in [0.05, 0.1) is 0 Å². The molecule has 6 rings (SSSR count). The van der Waals surface area contributed by atoms with Gasteiger partial charge in [-0.15, -0.1) is 0 Å². The monoisotopic (exact) mass is 995 g/mol. The zero-order chi connectivity index (χ0) is 51.0. The van der Waals surface area contributed by atoms with E-state index in [0.29, 0.717) is 23.7 Å². The van der Waals surface area contributed by atoms with E-state index in [1.165, 1.54) is 252 Å². The molecule has 0 spiro atoms. The third-order valence-electron chi connectivity index (χ3n) is 17.1. The van der Waals surface area contributed by atoms with Crippen LogP contribution in [0.1, 0.15) is 303 Å². The van der Waals surface area contributed by atoms with Crippen molar-refractivity contribution in [2.45, 2.75) is 296 Å². The van der Waals surface area contributed by atoms with Gasteiger partial charge >= 0.3 is 0 Å². The molecule has 0 saturated heterocycles. The molecule has 2 aliphatic rings. The molecule has 0 radical (unpaired) electrons. The average Bonchev–Trinajstić information content (AvgIpc) is 3.42. The van der Waals surface area contributed by atoms with Gasteiger partial charge in [0.15, 0.2) is 0 Å². The number of benzene rings is 2. The van der Waals surface area contributed by atoms with E-state index >= 15 is 0 Å². The van der Waals surface area contributed by atoms with Gasteiger partial charge in [0, 0.05) is 36.6 Å². The van der Waals surface area contributed by atoms with Gasteiger partial charge in [0.1, 0.15) is 23.1 Å². The molecule has 0 atom stereocenters. The first kappa shape index (κ1) is 58.7. The number of aromatic nitrogens is 4. The van der Waals surface area contributed by atoms with Crippen LogP contribution in [0, 0.1) is 11.8 Å². The molecule has 0 bridgehead atoms. The highest BCUT2D eigenvalue weighted by molar-refractivity contribution is 5.45. The zero-order valence-electron chi connectivity index (χ0n) is 47.6. The van der Waals surface area contributed by atoms with Crippen LogP contribution < -0.4 is 4.74 Å². The fourth-order valence-corrected chi connectivity index (χ4v) is 12.3. The maximum absolute atomic E-state index is 7.28. The number of ether oxygens (including phenoxy) is 1. The van der Waals surface area contributed by atoms with E-state index in [9.17, 15) is 0 Å². The van der Waals surface area contributed by atoms with Crippen LogP contribution in [0.2, 0.25) is 0 Å². The van der Waals surface area contributed by atoms with Crippen molar-refractivity contribution in [3.63, 3.8) is 0 Å². The van der Waals surface area contributed by atoms with Crippen LogP contribution in [-0.2, 0) is 38.5 Å². The van der Waals surface area contributed by atoms with Gasteiger partial charge in [-0.2, -0.15) is 0 Å². The first-order chi connectivity index (χ1) is 36.0. The van der Waals surface area contributed by atoms with Crippen LogP contribution in [0.15, 0.2) is 61.2 Å². The minimum Gasteiger partial charge on any atom is -0.457 e. The number of hydrogen-bond acceptors (Lipinski definition) is 5. The highest BCUT2D eigenvalue weighted by Gasteiger charge is 2.28. The largest absolute Gasteiger partial charge is 0.457 e. The van der Waals surface area contributed by atoms with E-state index in [4.69, 9.17) is 24.7 Å². The first-order valence-electron chi connectivity index (χ1n) is 31.6. The van der Waals surface area contributed by atoms with Crippen LogP contribution in [0.3, 0.4) is 0 Å². The summed E-state index contributed by atoms with van der Waals surface area (Å²) < 4.78 is 7.28. The lowest BCUT2D eigenvalue weighted by Crippen LogP contribution is -2.18. The lowest BCUT2D eigenvalue weighted by Gasteiger charge is -2.29. The Kier molecular flexibility index (Phi) is 28.6. The Labute approximate surface area is 448 Å². The topological polar surface area (TPSA) is 60.8 Å². The van der Waals surface area contributed by atoms with Gasteiger partial charge in [-0.3, -0.25) is 0 Å². The second-order valence-electron chi connectivity index (χ2n) is 23.5. The van der Waals surface area contributed by atoms with Crippen molar-refractivity contribution in [2.24, 2.45) is 11.8 Å². The van der Waals surface area contributed by atoms with Gasteiger partial charge in [-0.25, -0.2) is 19.9 Å². The van der Waals surface area contributed by atoms with E-state index in [-0.39, 0.29) is 0 Å². The summed E-state index contributed by atoms with van der Waals surface area (Å²) >= 11 is 0. The molecule has 73 heavy (non-hydrogen) atoms. The van der Waals surface area contributed by atoms with E-state index < -0.39 is 0 Å². The van der Waals surface area contributed by atoms with Gasteiger partial charge in [-0.1, -0.05) is 193 Å². The SMILES string of the molecule is CCCCCCCCCCCCc1ccc(Oc2ccc(CCCCCCCCCCCC)cc2C[C@H]2CC[C@H](c3ncc(CCCCC)cn3)CC2)c(C[C@H]2CC[C@H](c3ncc(CCCCC)cn3)CC2)c1. The Hall–Kier alpha value is -3.60. The zero-order valence-corrected chi connectivity index (χ0v) is 47.6. The Morgan fingerprint density at radius 2 is 0.630 bits per heavy atom. The second-order valence-corrected chi connectivity index (χ2v) is 23.5. The summed E-state index contributed by atoms with van der Waals surface area (Å²) in [5.41, 5.74) is 8.39. The van der Waals surface area contributed by atoms with E-state index in [0.717, 1.165) is 61.7 Å². The number of rotatable bonds is 38. The van der Waals surface area contributed by atoms with E-state index in [2.05, 4.69) is 88.9 Å². The van der Waals surface area contributed by atoms with Crippen LogP contribution >= 0.6 is 0 Å². The van der Waals surface area contributed by atoms with Gasteiger partial charge in [0.2, 0.25) is 0 Å². The molecule has 0 N–H and O–H groups in total. The summed E-state index contributed by atoms with van der Waals surface area (Å²) in [5, 5.41) is 0. The fourth-order valence-electron chi connectivity index (χ4n) is 12.3. The Morgan fingerprint density at radius 1 is 0.342 bits per heavy atom. The molecule has 0 unspecified atom stereocenters. The quantitative estimate of drug-likeness (QED) is 0.0419. The first-order valence-corrected chi connectivity index (χ1v) is 31.6. The van der Waals surface area contributed by atoms with Crippen LogP contribution in [0.5, 0.6) is 11.5 Å². The normalized spacial score (nSPS) is 18.1. The molecular weight excluding hydrogens is 889 g/mol. The average molecular weight is 996 g/mol. The molecule has 0 aliphatic heterocycles. The van der Waals surface area contributed by atoms with Crippen LogP contribution in [-0.4, -0.2) is 19.9 Å². The molecule has 2 heterocycles. The number of unbranched alkanes of at least 4 members (excludes halogenated alkanes) is 22. The second kappa shape index (κ2) is 35.6. The molecule has 2 aliphatic carbocycles. The third kappa shape index (κ3) is 22.3. The number of nitrogens with zero attached hydrogens (tertiary/aromatic N) is 4. The van der Waals surface area contributed by atoms with Crippen molar-refractivity contribution in [1.82, 2.24) is 19.9 Å². The molecule has 2 aromatic heterocycles. The molecule has 2 saturated carbocycles. The standard InChI is InChI=1S/C68H106N4O/c1-5-9-13-15-17-19-21-23-25-29-31-55-39-45-65(63(47-55)49-57-35-41-61(42-36-57)67-69-51-59(52-70-67)33-27-11-7-3)73-66-46-40-56(32-30-26-24-22-20-18-16-14-10-6-2)48-64(66)50-58-37-43-62(44-38-58)68-71-53-60(54-72-68)34-28-12-8-4/h39-40,45-48,51-54,57-58,61-62H,5-38,41-44,49-50H2,1-4H3/t57-,58-,61-,62-. The van der Waals surface area contributed by atoms with Gasteiger partial charge in [0.25, 0.3) is 0 Å². The highest BCUT2D eigenvalue weighted by Crippen LogP contribution is 2.41. The van der Waals surface area contributed by atoms with E-state index in [1.54, 1.807) is 0 Å². The predicted molar refractivity (Wildman–Crippen MR) is 311 cm³/mol. The van der Waals surface area contributed by atoms with Crippen molar-refractivity contribution in [1.29, 1.82) is 0 Å². The molecule has 404 valence electrons. The summed E-state index contributed by atoms with van der Waals surface area (Å²) in [6, 6.07) is 14.6. The lowest BCUT2D eigenvalue weighted by atomic mass is 9.78. The Morgan fingerprint density at radius 3 is 0.973 bits per heavy atom. The summed E-state index contributed by atoms with van der Waals surface area (Å²) in [6.45, 7) is 9.17. The van der Waals surface area contributed by atoms with Crippen LogP contribution in [0.4, 0.5) is 0 Å². The van der Waals surface area contributed by atoms with Crippen molar-refractivity contribution < 1.29 is 4.74 Å². The molecular formula is C68H106N4O. The molecule has 0 amide bonds. The van der Waals surface area contributed by atoms with Gasteiger partial charge in [-0.05, 0) is 173 Å². The van der Waals surface area contributed by atoms with Crippen molar-refractivity contribution >= 4 is 0 Å². The van der Waals surface area contributed by atoms with Gasteiger partial charge < -0.3 is 4.74 Å². The Bertz CT molecular complexity index is 1870. The van der Waals surface area contributed by atoms with Crippen molar-refractivity contribution in [3.8, 4) is 11.5 Å². The molecule has 5 heteroatoms. The Balaban J connectivity index is 1.12. The summed E-state index contributed by atoms with van der Waals surface area (Å²) in [7, 11) is 0. The number of aryl methyl sites for hydroxylation is 4. The maximum atomic E-state index is 7.28. The summed E-state index contributed by atoms with van der Waals surface area (Å²) in [4.78, 5) is 19.7. The maximum Gasteiger partial charge on any atom is 0.131 e. The van der Waals surface area contributed by atoms with Crippen molar-refractivity contribution in [3.05, 3.63) is 106 Å². The third-order valence-corrected chi connectivity index (χ3v) is 17.1. The predicted octanol–water partition coefficient (Wildman–Crippen LogP) is 20.5. The molecule has 5 nitrogen and oxygen atoms in total. The molecule has 2 fully saturated rings. The van der Waals surface area contributed by atoms with Crippen molar-refractivity contribution in [2.75, 3.05) is 0 Å². The minimum absolute atomic E-state index is 0.476. The van der Waals surface area contributed by atoms with E-state index in [1.807, 2.05) is 0 Å². The summed E-state index contributed by atoms with van der Waals surface area (Å²) in [6.07, 6.45) is 59.8. The number of hydrogen-bond donors (Lipinski definition) is 0. The fraction of sp³-hybridized carbons (Fsp3) is 0.706. The summed E-state index contributed by atoms with van der Waals surface area (Å²) in [5.74, 6) is 6.55. The highest BCUT2D eigenvalue weighted by atomic mass is 16.5. The smallest absolute Gasteiger partial charge is 0.131 e.